The van der Waals surface area contributed by atoms with Gasteiger partial charge in [-0.2, -0.15) is 9.97 Å². The van der Waals surface area contributed by atoms with Crippen molar-refractivity contribution in [2.45, 2.75) is 20.0 Å². The first kappa shape index (κ1) is 17.5. The molecule has 0 radical (unpaired) electrons. The summed E-state index contributed by atoms with van der Waals surface area (Å²) in [6.45, 7) is 5.47. The van der Waals surface area contributed by atoms with E-state index in [2.05, 4.69) is 85.2 Å². The Hall–Kier alpha value is -3.61. The number of aryl methyl sites for hydroxylation is 1. The third-order valence-corrected chi connectivity index (χ3v) is 5.37. The second-order valence-electron chi connectivity index (χ2n) is 7.47. The van der Waals surface area contributed by atoms with E-state index >= 15 is 0 Å². The summed E-state index contributed by atoms with van der Waals surface area (Å²) >= 11 is 0. The van der Waals surface area contributed by atoms with Crippen LogP contribution in [0.5, 0.6) is 0 Å². The number of aromatic nitrogens is 4. The molecular weight excluding hydrogens is 362 g/mol. The second kappa shape index (κ2) is 7.09. The maximum Gasteiger partial charge on any atom is 0.224 e. The Morgan fingerprint density at radius 2 is 1.97 bits per heavy atom. The van der Waals surface area contributed by atoms with Crippen molar-refractivity contribution in [1.29, 1.82) is 0 Å². The molecule has 0 bridgehead atoms. The summed E-state index contributed by atoms with van der Waals surface area (Å²) in [5, 5.41) is 0. The van der Waals surface area contributed by atoms with Gasteiger partial charge in [0, 0.05) is 31.9 Å². The SMILES string of the molecule is Cc1cccc(CN2CCN(c3nc(N)nc4nc[nH]c34)Cc3ccccc32)c1. The first-order chi connectivity index (χ1) is 14.2. The Kier molecular flexibility index (Phi) is 4.27. The number of fused-ring (bicyclic) bond motifs is 2. The van der Waals surface area contributed by atoms with Gasteiger partial charge >= 0.3 is 0 Å². The molecule has 7 nitrogen and oxygen atoms in total. The highest BCUT2D eigenvalue weighted by Crippen LogP contribution is 2.30. The van der Waals surface area contributed by atoms with Crippen LogP contribution in [0.15, 0.2) is 54.9 Å². The molecule has 3 N–H and O–H groups in total. The fourth-order valence-corrected chi connectivity index (χ4v) is 4.04. The van der Waals surface area contributed by atoms with E-state index in [0.29, 0.717) is 5.65 Å². The molecule has 0 amide bonds. The van der Waals surface area contributed by atoms with E-state index in [0.717, 1.165) is 37.5 Å². The number of nitrogen functional groups attached to an aromatic ring is 1. The first-order valence-electron chi connectivity index (χ1n) is 9.77. The Labute approximate surface area is 169 Å². The van der Waals surface area contributed by atoms with Gasteiger partial charge in [0.05, 0.1) is 6.33 Å². The molecule has 0 aliphatic carbocycles. The van der Waals surface area contributed by atoms with Crippen molar-refractivity contribution in [2.75, 3.05) is 28.6 Å². The number of H-pyrrole nitrogens is 1. The highest BCUT2D eigenvalue weighted by atomic mass is 15.3. The molecule has 29 heavy (non-hydrogen) atoms. The second-order valence-corrected chi connectivity index (χ2v) is 7.47. The number of aromatic amines is 1. The normalized spacial score (nSPS) is 14.1. The van der Waals surface area contributed by atoms with Crippen molar-refractivity contribution < 1.29 is 0 Å². The number of rotatable bonds is 3. The van der Waals surface area contributed by atoms with Crippen molar-refractivity contribution in [3.05, 3.63) is 71.5 Å². The van der Waals surface area contributed by atoms with Crippen molar-refractivity contribution >= 4 is 28.6 Å². The minimum Gasteiger partial charge on any atom is -0.368 e. The van der Waals surface area contributed by atoms with Gasteiger partial charge in [-0.15, -0.1) is 0 Å². The number of nitrogens with two attached hydrogens (primary N) is 1. The van der Waals surface area contributed by atoms with E-state index < -0.39 is 0 Å². The maximum absolute atomic E-state index is 5.95. The number of para-hydroxylation sites is 1. The fraction of sp³-hybridized carbons (Fsp3) is 0.227. The summed E-state index contributed by atoms with van der Waals surface area (Å²) in [5.41, 5.74) is 12.5. The van der Waals surface area contributed by atoms with Crippen molar-refractivity contribution in [1.82, 2.24) is 19.9 Å². The zero-order valence-electron chi connectivity index (χ0n) is 16.3. The Bertz CT molecular complexity index is 1170. The van der Waals surface area contributed by atoms with Crippen LogP contribution in [0.4, 0.5) is 17.5 Å². The van der Waals surface area contributed by atoms with Crippen LogP contribution in [0.1, 0.15) is 16.7 Å². The van der Waals surface area contributed by atoms with Crippen molar-refractivity contribution in [3.8, 4) is 0 Å². The lowest BCUT2D eigenvalue weighted by Gasteiger charge is -2.25. The minimum atomic E-state index is 0.244. The lowest BCUT2D eigenvalue weighted by molar-refractivity contribution is 0.751. The van der Waals surface area contributed by atoms with Crippen LogP contribution in [0, 0.1) is 6.92 Å². The minimum absolute atomic E-state index is 0.244. The molecule has 0 atom stereocenters. The smallest absolute Gasteiger partial charge is 0.224 e. The predicted molar refractivity (Wildman–Crippen MR) is 116 cm³/mol. The van der Waals surface area contributed by atoms with Crippen molar-refractivity contribution in [3.63, 3.8) is 0 Å². The maximum atomic E-state index is 5.95. The molecule has 0 saturated heterocycles. The van der Waals surface area contributed by atoms with Crippen molar-refractivity contribution in [2.24, 2.45) is 0 Å². The van der Waals surface area contributed by atoms with Gasteiger partial charge < -0.3 is 20.5 Å². The van der Waals surface area contributed by atoms with Crippen LogP contribution in [0.25, 0.3) is 11.2 Å². The van der Waals surface area contributed by atoms with Crippen LogP contribution < -0.4 is 15.5 Å². The number of anilines is 3. The molecule has 0 saturated carbocycles. The van der Waals surface area contributed by atoms with E-state index in [-0.39, 0.29) is 5.95 Å². The highest BCUT2D eigenvalue weighted by Gasteiger charge is 2.23. The number of nitrogens with zero attached hydrogens (tertiary/aromatic N) is 5. The average Bonchev–Trinajstić information content (AvgIpc) is 3.10. The molecule has 5 rings (SSSR count). The van der Waals surface area contributed by atoms with Gasteiger partial charge in [0.1, 0.15) is 5.52 Å². The van der Waals surface area contributed by atoms with Gasteiger partial charge in [-0.3, -0.25) is 0 Å². The van der Waals surface area contributed by atoms with Crippen LogP contribution >= 0.6 is 0 Å². The Balaban J connectivity index is 1.51. The summed E-state index contributed by atoms with van der Waals surface area (Å²) < 4.78 is 0. The molecule has 4 aromatic rings. The summed E-state index contributed by atoms with van der Waals surface area (Å²) in [6, 6.07) is 17.3. The number of nitrogens with one attached hydrogen (secondary N) is 1. The van der Waals surface area contributed by atoms with Gasteiger partial charge in [0.15, 0.2) is 11.5 Å². The number of hydrogen-bond donors (Lipinski definition) is 2. The average molecular weight is 385 g/mol. The topological polar surface area (TPSA) is 87.0 Å². The van der Waals surface area contributed by atoms with Crippen LogP contribution in [-0.4, -0.2) is 33.0 Å². The van der Waals surface area contributed by atoms with E-state index in [4.69, 9.17) is 5.73 Å². The highest BCUT2D eigenvalue weighted by molar-refractivity contribution is 5.84. The quantitative estimate of drug-likeness (QED) is 0.563. The predicted octanol–water partition coefficient (Wildman–Crippen LogP) is 3.27. The first-order valence-corrected chi connectivity index (χ1v) is 9.77. The van der Waals surface area contributed by atoms with E-state index in [1.807, 2.05) is 0 Å². The van der Waals surface area contributed by atoms with E-state index in [1.165, 1.54) is 22.4 Å². The van der Waals surface area contributed by atoms with Crippen LogP contribution in [0.3, 0.4) is 0 Å². The van der Waals surface area contributed by atoms with Gasteiger partial charge in [-0.25, -0.2) is 4.98 Å². The fourth-order valence-electron chi connectivity index (χ4n) is 4.04. The Morgan fingerprint density at radius 1 is 1.07 bits per heavy atom. The largest absolute Gasteiger partial charge is 0.368 e. The molecule has 0 spiro atoms. The summed E-state index contributed by atoms with van der Waals surface area (Å²) in [6.07, 6.45) is 1.64. The third-order valence-electron chi connectivity index (χ3n) is 5.37. The standard InChI is InChI=1S/C22H23N7/c1-15-5-4-6-16(11-15)12-28-9-10-29(13-17-7-2-3-8-18(17)28)21-19-20(25-14-24-19)26-22(23)27-21/h2-8,11,14H,9-10,12-13H2,1H3,(H3,23,24,25,26,27). The molecule has 146 valence electrons. The molecule has 2 aromatic heterocycles. The summed E-state index contributed by atoms with van der Waals surface area (Å²) in [5.74, 6) is 1.05. The van der Waals surface area contributed by atoms with E-state index in [9.17, 15) is 0 Å². The lowest BCUT2D eigenvalue weighted by Crippen LogP contribution is -2.32. The number of hydrogen-bond acceptors (Lipinski definition) is 6. The van der Waals surface area contributed by atoms with Gasteiger partial charge in [0.25, 0.3) is 0 Å². The van der Waals surface area contributed by atoms with Crippen LogP contribution in [-0.2, 0) is 13.1 Å². The van der Waals surface area contributed by atoms with Gasteiger partial charge in [-0.05, 0) is 24.1 Å². The molecule has 7 heteroatoms. The molecule has 0 fully saturated rings. The Morgan fingerprint density at radius 3 is 2.86 bits per heavy atom. The van der Waals surface area contributed by atoms with E-state index in [1.54, 1.807) is 6.33 Å². The number of benzene rings is 2. The molecule has 2 aromatic carbocycles. The molecular formula is C22H23N7. The molecule has 3 heterocycles. The zero-order chi connectivity index (χ0) is 19.8. The molecule has 1 aliphatic rings. The molecule has 0 unspecified atom stereocenters. The third kappa shape index (κ3) is 3.35. The summed E-state index contributed by atoms with van der Waals surface area (Å²) in [7, 11) is 0. The zero-order valence-corrected chi connectivity index (χ0v) is 16.3. The van der Waals surface area contributed by atoms with Gasteiger partial charge in [0.2, 0.25) is 5.95 Å². The van der Waals surface area contributed by atoms with Crippen LogP contribution in [0.2, 0.25) is 0 Å². The monoisotopic (exact) mass is 385 g/mol. The molecule has 1 aliphatic heterocycles. The number of imidazole rings is 1. The lowest BCUT2D eigenvalue weighted by atomic mass is 10.1. The van der Waals surface area contributed by atoms with Gasteiger partial charge in [-0.1, -0.05) is 48.0 Å². The summed E-state index contributed by atoms with van der Waals surface area (Å²) in [4.78, 5) is 20.9.